The largest absolute Gasteiger partial charge is 0.453 e. The van der Waals surface area contributed by atoms with Gasteiger partial charge in [0.15, 0.2) is 5.65 Å². The van der Waals surface area contributed by atoms with Crippen LogP contribution in [0.5, 0.6) is 0 Å². The van der Waals surface area contributed by atoms with E-state index in [9.17, 15) is 14.9 Å². The number of nitriles is 1. The molecule has 0 spiro atoms. The lowest BCUT2D eigenvalue weighted by atomic mass is 9.99. The van der Waals surface area contributed by atoms with Crippen LogP contribution >= 0.6 is 0 Å². The summed E-state index contributed by atoms with van der Waals surface area (Å²) in [5, 5.41) is 11.7. The highest BCUT2D eigenvalue weighted by molar-refractivity contribution is 6.05. The summed E-state index contributed by atoms with van der Waals surface area (Å²) < 4.78 is 6.41. The number of pyridine rings is 1. The fourth-order valence-corrected chi connectivity index (χ4v) is 4.25. The summed E-state index contributed by atoms with van der Waals surface area (Å²) in [7, 11) is 1.28. The summed E-state index contributed by atoms with van der Waals surface area (Å²) in [5.41, 5.74) is 5.40. The Morgan fingerprint density at radius 1 is 1.17 bits per heavy atom. The average molecular weight is 467 g/mol. The van der Waals surface area contributed by atoms with Crippen molar-refractivity contribution in [3.63, 3.8) is 0 Å². The van der Waals surface area contributed by atoms with Gasteiger partial charge < -0.3 is 9.64 Å². The lowest BCUT2D eigenvalue weighted by Crippen LogP contribution is -2.36. The molecule has 10 nitrogen and oxygen atoms in total. The van der Waals surface area contributed by atoms with Crippen molar-refractivity contribution in [1.82, 2.24) is 19.4 Å². The van der Waals surface area contributed by atoms with Gasteiger partial charge in [-0.05, 0) is 55.7 Å². The molecule has 1 N–H and O–H groups in total. The number of fused-ring (bicyclic) bond motifs is 2. The van der Waals surface area contributed by atoms with Crippen LogP contribution in [-0.4, -0.2) is 45.0 Å². The second kappa shape index (κ2) is 8.87. The molecule has 0 saturated carbocycles. The third kappa shape index (κ3) is 4.04. The van der Waals surface area contributed by atoms with E-state index in [2.05, 4.69) is 31.1 Å². The predicted molar refractivity (Wildman–Crippen MR) is 128 cm³/mol. The maximum absolute atomic E-state index is 13.6. The number of imidazole rings is 1. The van der Waals surface area contributed by atoms with Gasteiger partial charge in [-0.2, -0.15) is 5.26 Å². The number of rotatable bonds is 3. The maximum Gasteiger partial charge on any atom is 0.412 e. The SMILES string of the molecule is COC(=O)Nc1ccc(-c2cnc3c(C)nc(C(=O)N4CCCc5cc(C#N)ccc54)cn23)cn1. The Bertz CT molecular complexity index is 1500. The molecule has 3 aromatic heterocycles. The smallest absolute Gasteiger partial charge is 0.412 e. The molecule has 0 saturated heterocycles. The van der Waals surface area contributed by atoms with Crippen molar-refractivity contribution in [2.45, 2.75) is 19.8 Å². The monoisotopic (exact) mass is 467 g/mol. The summed E-state index contributed by atoms with van der Waals surface area (Å²) in [6.07, 6.45) is 6.02. The second-order valence-electron chi connectivity index (χ2n) is 8.11. The van der Waals surface area contributed by atoms with Gasteiger partial charge in [-0.25, -0.2) is 19.7 Å². The van der Waals surface area contributed by atoms with Gasteiger partial charge in [-0.15, -0.1) is 0 Å². The first-order valence-electron chi connectivity index (χ1n) is 11.0. The minimum Gasteiger partial charge on any atom is -0.453 e. The Balaban J connectivity index is 1.51. The van der Waals surface area contributed by atoms with Crippen LogP contribution in [0.3, 0.4) is 0 Å². The van der Waals surface area contributed by atoms with E-state index < -0.39 is 6.09 Å². The van der Waals surface area contributed by atoms with Crippen LogP contribution in [0.15, 0.2) is 48.9 Å². The highest BCUT2D eigenvalue weighted by Crippen LogP contribution is 2.30. The minimum absolute atomic E-state index is 0.212. The van der Waals surface area contributed by atoms with Crippen molar-refractivity contribution in [1.29, 1.82) is 5.26 Å². The zero-order chi connectivity index (χ0) is 24.5. The molecule has 0 bridgehead atoms. The molecule has 5 rings (SSSR count). The third-order valence-corrected chi connectivity index (χ3v) is 5.93. The molecule has 35 heavy (non-hydrogen) atoms. The number of carbonyl (C=O) groups excluding carboxylic acids is 2. The van der Waals surface area contributed by atoms with Gasteiger partial charge in [0.2, 0.25) is 0 Å². The first-order chi connectivity index (χ1) is 17.0. The molecular formula is C25H21N7O3. The van der Waals surface area contributed by atoms with Crippen molar-refractivity contribution in [3.05, 3.63) is 71.4 Å². The number of anilines is 2. The normalized spacial score (nSPS) is 12.7. The molecule has 0 fully saturated rings. The van der Waals surface area contributed by atoms with E-state index >= 15 is 0 Å². The highest BCUT2D eigenvalue weighted by atomic mass is 16.5. The number of nitrogens with zero attached hydrogens (tertiary/aromatic N) is 6. The topological polar surface area (TPSA) is 126 Å². The van der Waals surface area contributed by atoms with Crippen LogP contribution in [0.25, 0.3) is 16.9 Å². The zero-order valence-electron chi connectivity index (χ0n) is 19.1. The predicted octanol–water partition coefficient (Wildman–Crippen LogP) is 3.74. The molecule has 1 aliphatic heterocycles. The van der Waals surface area contributed by atoms with E-state index in [1.54, 1.807) is 41.7 Å². The summed E-state index contributed by atoms with van der Waals surface area (Å²) in [4.78, 5) is 40.0. The van der Waals surface area contributed by atoms with Crippen LogP contribution in [0, 0.1) is 18.3 Å². The van der Waals surface area contributed by atoms with Crippen LogP contribution in [0.4, 0.5) is 16.3 Å². The van der Waals surface area contributed by atoms with Gasteiger partial charge in [0, 0.05) is 30.2 Å². The van der Waals surface area contributed by atoms with E-state index in [-0.39, 0.29) is 5.91 Å². The lowest BCUT2D eigenvalue weighted by Gasteiger charge is -2.29. The molecule has 2 amide bonds. The number of ether oxygens (including phenoxy) is 1. The lowest BCUT2D eigenvalue weighted by molar-refractivity contribution is 0.0979. The molecule has 10 heteroatoms. The summed E-state index contributed by atoms with van der Waals surface area (Å²) in [6.45, 7) is 2.39. The van der Waals surface area contributed by atoms with E-state index in [1.807, 2.05) is 23.5 Å². The molecule has 4 heterocycles. The molecule has 0 unspecified atom stereocenters. The number of amides is 2. The van der Waals surface area contributed by atoms with Gasteiger partial charge in [-0.1, -0.05) is 0 Å². The molecule has 0 aliphatic carbocycles. The molecule has 0 atom stereocenters. The Morgan fingerprint density at radius 2 is 2.03 bits per heavy atom. The zero-order valence-corrected chi connectivity index (χ0v) is 19.1. The van der Waals surface area contributed by atoms with Crippen LogP contribution in [0.1, 0.15) is 33.7 Å². The summed E-state index contributed by atoms with van der Waals surface area (Å²) >= 11 is 0. The number of hydrogen-bond acceptors (Lipinski definition) is 7. The fraction of sp³-hybridized carbons (Fsp3) is 0.200. The fourth-order valence-electron chi connectivity index (χ4n) is 4.25. The Kier molecular flexibility index (Phi) is 5.58. The van der Waals surface area contributed by atoms with Gasteiger partial charge in [0.05, 0.1) is 36.3 Å². The molecule has 1 aromatic carbocycles. The highest BCUT2D eigenvalue weighted by Gasteiger charge is 2.26. The minimum atomic E-state index is -0.604. The van der Waals surface area contributed by atoms with Crippen molar-refractivity contribution < 1.29 is 14.3 Å². The van der Waals surface area contributed by atoms with E-state index in [4.69, 9.17) is 0 Å². The Labute approximate surface area is 200 Å². The van der Waals surface area contributed by atoms with E-state index in [0.29, 0.717) is 35.0 Å². The number of aryl methyl sites for hydroxylation is 2. The number of aromatic nitrogens is 4. The van der Waals surface area contributed by atoms with Gasteiger partial charge in [-0.3, -0.25) is 14.5 Å². The molecule has 4 aromatic rings. The third-order valence-electron chi connectivity index (χ3n) is 5.93. The van der Waals surface area contributed by atoms with Crippen molar-refractivity contribution >= 4 is 29.2 Å². The van der Waals surface area contributed by atoms with Crippen LogP contribution < -0.4 is 10.2 Å². The summed E-state index contributed by atoms with van der Waals surface area (Å²) in [5.74, 6) is 0.141. The van der Waals surface area contributed by atoms with Gasteiger partial charge in [0.25, 0.3) is 5.91 Å². The van der Waals surface area contributed by atoms with Crippen molar-refractivity contribution in [2.24, 2.45) is 0 Å². The van der Waals surface area contributed by atoms with Crippen molar-refractivity contribution in [2.75, 3.05) is 23.9 Å². The summed E-state index contributed by atoms with van der Waals surface area (Å²) in [6, 6.07) is 11.0. The first kappa shape index (κ1) is 22.0. The quantitative estimate of drug-likeness (QED) is 0.486. The van der Waals surface area contributed by atoms with Crippen molar-refractivity contribution in [3.8, 4) is 17.3 Å². The van der Waals surface area contributed by atoms with E-state index in [0.717, 1.165) is 35.3 Å². The van der Waals surface area contributed by atoms with Gasteiger partial charge in [0.1, 0.15) is 11.5 Å². The number of nitrogens with one attached hydrogen (secondary N) is 1. The Hall–Kier alpha value is -4.78. The molecule has 174 valence electrons. The number of carbonyl (C=O) groups is 2. The molecular weight excluding hydrogens is 446 g/mol. The standard InChI is InChI=1S/C25H21N7O3/c1-15-23-28-13-21(18-6-8-22(27-12-18)30-25(34)35-2)32(23)14-19(29-15)24(33)31-9-3-4-17-10-16(11-26)5-7-20(17)31/h5-8,10,12-14H,3-4,9H2,1-2H3,(H,27,30,34). The van der Waals surface area contributed by atoms with Gasteiger partial charge >= 0.3 is 6.09 Å². The average Bonchev–Trinajstić information content (AvgIpc) is 3.32. The number of methoxy groups -OCH3 is 1. The maximum atomic E-state index is 13.6. The van der Waals surface area contributed by atoms with E-state index in [1.165, 1.54) is 7.11 Å². The Morgan fingerprint density at radius 3 is 2.77 bits per heavy atom. The van der Waals surface area contributed by atoms with Crippen LogP contribution in [-0.2, 0) is 11.2 Å². The second-order valence-corrected chi connectivity index (χ2v) is 8.11. The van der Waals surface area contributed by atoms with Crippen LogP contribution in [0.2, 0.25) is 0 Å². The number of hydrogen-bond donors (Lipinski definition) is 1. The molecule has 0 radical (unpaired) electrons. The number of benzene rings is 1. The molecule has 1 aliphatic rings. The first-order valence-corrected chi connectivity index (χ1v) is 11.0.